The molecule has 0 aliphatic carbocycles. The highest BCUT2D eigenvalue weighted by Crippen LogP contribution is 2.17. The maximum absolute atomic E-state index is 10.5. The Bertz CT molecular complexity index is 432. The predicted molar refractivity (Wildman–Crippen MR) is 67.9 cm³/mol. The zero-order chi connectivity index (χ0) is 12.6. The molecule has 16 heavy (non-hydrogen) atoms. The predicted octanol–water partition coefficient (Wildman–Crippen LogP) is 2.92. The number of rotatable bonds is 1. The third-order valence-electron chi connectivity index (χ3n) is 2.05. The van der Waals surface area contributed by atoms with E-state index < -0.39 is 0 Å². The summed E-state index contributed by atoms with van der Waals surface area (Å²) >= 11 is 0. The van der Waals surface area contributed by atoms with Crippen molar-refractivity contribution in [2.45, 2.75) is 20.8 Å². The number of carbonyl (C=O) groups is 1. The second kappa shape index (κ2) is 7.65. The smallest absolute Gasteiger partial charge is 0.150 e. The van der Waals surface area contributed by atoms with Crippen LogP contribution in [0.2, 0.25) is 0 Å². The first kappa shape index (κ1) is 14.4. The number of aromatic nitrogens is 1. The standard InChI is InChI=1S/C10H9NO.C2H6.CH4O/c1-7-5-11-10-3-2-8(6-12)4-9(7)10;2*1-2/h2-6,11H,1H3;1-2H3;2H,1H3. The Morgan fingerprint density at radius 1 is 1.25 bits per heavy atom. The Morgan fingerprint density at radius 3 is 2.44 bits per heavy atom. The van der Waals surface area contributed by atoms with E-state index in [4.69, 9.17) is 5.11 Å². The van der Waals surface area contributed by atoms with Crippen molar-refractivity contribution in [1.82, 2.24) is 4.98 Å². The zero-order valence-corrected chi connectivity index (χ0v) is 10.2. The number of nitrogens with one attached hydrogen (secondary N) is 1. The summed E-state index contributed by atoms with van der Waals surface area (Å²) in [6.07, 6.45) is 2.81. The van der Waals surface area contributed by atoms with Crippen LogP contribution < -0.4 is 0 Å². The van der Waals surface area contributed by atoms with Gasteiger partial charge in [0.1, 0.15) is 6.29 Å². The highest BCUT2D eigenvalue weighted by atomic mass is 16.2. The molecule has 1 heterocycles. The number of fused-ring (bicyclic) bond motifs is 1. The fraction of sp³-hybridized carbons (Fsp3) is 0.308. The molecular formula is C13H19NO2. The molecule has 0 saturated carbocycles. The fourth-order valence-electron chi connectivity index (χ4n) is 1.35. The first-order valence-electron chi connectivity index (χ1n) is 5.29. The maximum atomic E-state index is 10.5. The zero-order valence-electron chi connectivity index (χ0n) is 10.2. The normalized spacial score (nSPS) is 8.56. The van der Waals surface area contributed by atoms with E-state index in [0.717, 1.165) is 29.9 Å². The van der Waals surface area contributed by atoms with E-state index in [1.807, 2.05) is 45.2 Å². The number of hydrogen-bond donors (Lipinski definition) is 2. The number of aldehydes is 1. The SMILES string of the molecule is CC.CO.Cc1c[nH]c2ccc(C=O)cc12. The molecule has 3 heteroatoms. The van der Waals surface area contributed by atoms with Crippen molar-refractivity contribution in [1.29, 1.82) is 0 Å². The summed E-state index contributed by atoms with van der Waals surface area (Å²) in [5.41, 5.74) is 2.98. The molecule has 0 amide bonds. The lowest BCUT2D eigenvalue weighted by Crippen LogP contribution is -1.78. The van der Waals surface area contributed by atoms with Gasteiger partial charge in [0.15, 0.2) is 0 Å². The molecule has 1 aromatic carbocycles. The second-order valence-corrected chi connectivity index (χ2v) is 2.89. The number of H-pyrrole nitrogens is 1. The highest BCUT2D eigenvalue weighted by molar-refractivity contribution is 5.89. The Labute approximate surface area is 96.1 Å². The Hall–Kier alpha value is -1.61. The number of hydrogen-bond acceptors (Lipinski definition) is 2. The summed E-state index contributed by atoms with van der Waals surface area (Å²) < 4.78 is 0. The van der Waals surface area contributed by atoms with Gasteiger partial charge < -0.3 is 10.1 Å². The molecule has 0 aliphatic heterocycles. The van der Waals surface area contributed by atoms with Gasteiger partial charge >= 0.3 is 0 Å². The van der Waals surface area contributed by atoms with E-state index in [0.29, 0.717) is 0 Å². The van der Waals surface area contributed by atoms with Gasteiger partial charge in [-0.15, -0.1) is 0 Å². The number of benzene rings is 1. The van der Waals surface area contributed by atoms with Crippen molar-refractivity contribution >= 4 is 17.2 Å². The molecule has 0 spiro atoms. The summed E-state index contributed by atoms with van der Waals surface area (Å²) in [4.78, 5) is 13.6. The third kappa shape index (κ3) is 3.21. The van der Waals surface area contributed by atoms with E-state index in [1.54, 1.807) is 0 Å². The lowest BCUT2D eigenvalue weighted by atomic mass is 10.1. The molecule has 2 N–H and O–H groups in total. The number of aryl methyl sites for hydroxylation is 1. The summed E-state index contributed by atoms with van der Waals surface area (Å²) in [7, 11) is 1.00. The van der Waals surface area contributed by atoms with Crippen LogP contribution in [0.4, 0.5) is 0 Å². The Morgan fingerprint density at radius 2 is 1.88 bits per heavy atom. The topological polar surface area (TPSA) is 53.1 Å². The summed E-state index contributed by atoms with van der Waals surface area (Å²) in [5, 5.41) is 8.12. The van der Waals surface area contributed by atoms with Crippen LogP contribution in [0.15, 0.2) is 24.4 Å². The van der Waals surface area contributed by atoms with Crippen LogP contribution in [0.5, 0.6) is 0 Å². The minimum absolute atomic E-state index is 0.727. The molecule has 88 valence electrons. The number of carbonyl (C=O) groups excluding carboxylic acids is 1. The van der Waals surface area contributed by atoms with Gasteiger partial charge in [-0.25, -0.2) is 0 Å². The first-order chi connectivity index (χ1) is 7.81. The van der Waals surface area contributed by atoms with Gasteiger partial charge in [0, 0.05) is 29.8 Å². The van der Waals surface area contributed by atoms with Crippen LogP contribution in [0.3, 0.4) is 0 Å². The lowest BCUT2D eigenvalue weighted by Gasteiger charge is -1.92. The largest absolute Gasteiger partial charge is 0.400 e. The summed E-state index contributed by atoms with van der Waals surface area (Å²) in [6, 6.07) is 5.63. The van der Waals surface area contributed by atoms with Crippen LogP contribution >= 0.6 is 0 Å². The molecule has 0 unspecified atom stereocenters. The molecule has 1 aromatic heterocycles. The monoisotopic (exact) mass is 221 g/mol. The molecule has 0 atom stereocenters. The van der Waals surface area contributed by atoms with Crippen molar-refractivity contribution in [3.05, 3.63) is 35.5 Å². The molecule has 0 saturated heterocycles. The van der Waals surface area contributed by atoms with Crippen molar-refractivity contribution in [3.8, 4) is 0 Å². The second-order valence-electron chi connectivity index (χ2n) is 2.89. The highest BCUT2D eigenvalue weighted by Gasteiger charge is 1.99. The minimum atomic E-state index is 0.727. The average Bonchev–Trinajstić information content (AvgIpc) is 2.75. The number of aliphatic hydroxyl groups excluding tert-OH is 1. The van der Waals surface area contributed by atoms with Crippen molar-refractivity contribution < 1.29 is 9.90 Å². The van der Waals surface area contributed by atoms with Crippen LogP contribution in [0.1, 0.15) is 29.8 Å². The van der Waals surface area contributed by atoms with Gasteiger partial charge in [-0.3, -0.25) is 4.79 Å². The van der Waals surface area contributed by atoms with Gasteiger partial charge in [-0.1, -0.05) is 13.8 Å². The van der Waals surface area contributed by atoms with E-state index in [9.17, 15) is 4.79 Å². The lowest BCUT2D eigenvalue weighted by molar-refractivity contribution is 0.112. The van der Waals surface area contributed by atoms with Crippen LogP contribution in [-0.2, 0) is 0 Å². The summed E-state index contributed by atoms with van der Waals surface area (Å²) in [6.45, 7) is 6.02. The van der Waals surface area contributed by atoms with Gasteiger partial charge in [-0.05, 0) is 30.7 Å². The van der Waals surface area contributed by atoms with Crippen LogP contribution in [0.25, 0.3) is 10.9 Å². The first-order valence-corrected chi connectivity index (χ1v) is 5.29. The van der Waals surface area contributed by atoms with E-state index in [-0.39, 0.29) is 0 Å². The maximum Gasteiger partial charge on any atom is 0.150 e. The molecule has 0 bridgehead atoms. The molecule has 0 fully saturated rings. The molecule has 3 nitrogen and oxygen atoms in total. The number of aliphatic hydroxyl groups is 1. The average molecular weight is 221 g/mol. The third-order valence-corrected chi connectivity index (χ3v) is 2.05. The Balaban J connectivity index is 0.000000509. The molecular weight excluding hydrogens is 202 g/mol. The van der Waals surface area contributed by atoms with Crippen molar-refractivity contribution in [3.63, 3.8) is 0 Å². The van der Waals surface area contributed by atoms with Crippen molar-refractivity contribution in [2.24, 2.45) is 0 Å². The molecule has 0 aliphatic rings. The van der Waals surface area contributed by atoms with E-state index in [2.05, 4.69) is 4.98 Å². The van der Waals surface area contributed by atoms with Gasteiger partial charge in [-0.2, -0.15) is 0 Å². The van der Waals surface area contributed by atoms with Gasteiger partial charge in [0.25, 0.3) is 0 Å². The minimum Gasteiger partial charge on any atom is -0.400 e. The molecule has 2 aromatic rings. The summed E-state index contributed by atoms with van der Waals surface area (Å²) in [5.74, 6) is 0. The molecule has 2 rings (SSSR count). The Kier molecular flexibility index (Phi) is 6.88. The fourth-order valence-corrected chi connectivity index (χ4v) is 1.35. The van der Waals surface area contributed by atoms with Crippen LogP contribution in [-0.4, -0.2) is 23.5 Å². The molecule has 0 radical (unpaired) electrons. The number of aromatic amines is 1. The van der Waals surface area contributed by atoms with Crippen molar-refractivity contribution in [2.75, 3.05) is 7.11 Å². The van der Waals surface area contributed by atoms with E-state index in [1.165, 1.54) is 5.56 Å². The van der Waals surface area contributed by atoms with Gasteiger partial charge in [0.2, 0.25) is 0 Å². The van der Waals surface area contributed by atoms with Gasteiger partial charge in [0.05, 0.1) is 0 Å². The van der Waals surface area contributed by atoms with Crippen LogP contribution in [0, 0.1) is 6.92 Å². The van der Waals surface area contributed by atoms with E-state index >= 15 is 0 Å². The quantitative estimate of drug-likeness (QED) is 0.727.